The summed E-state index contributed by atoms with van der Waals surface area (Å²) in [5.74, 6) is -1.37. The predicted octanol–water partition coefficient (Wildman–Crippen LogP) is 1.72. The molecular formula is C13H16F2N2O. The van der Waals surface area contributed by atoms with Gasteiger partial charge in [-0.1, -0.05) is 12.5 Å². The summed E-state index contributed by atoms with van der Waals surface area (Å²) < 4.78 is 26.0. The molecule has 18 heavy (non-hydrogen) atoms. The second-order valence-electron chi connectivity index (χ2n) is 4.46. The summed E-state index contributed by atoms with van der Waals surface area (Å²) in [6.07, 6.45) is 2.91. The molecule has 0 spiro atoms. The fraction of sp³-hybridized carbons (Fsp3) is 0.462. The largest absolute Gasteiger partial charge is 0.351 e. The molecule has 3 nitrogen and oxygen atoms in total. The van der Waals surface area contributed by atoms with E-state index in [1.165, 1.54) is 12.1 Å². The molecule has 5 heteroatoms. The van der Waals surface area contributed by atoms with Gasteiger partial charge in [-0.05, 0) is 25.5 Å². The highest BCUT2D eigenvalue weighted by atomic mass is 19.1. The Balaban J connectivity index is 1.88. The first-order valence-electron chi connectivity index (χ1n) is 6.12. The molecule has 1 aliphatic rings. The minimum Gasteiger partial charge on any atom is -0.351 e. The zero-order valence-corrected chi connectivity index (χ0v) is 10.0. The van der Waals surface area contributed by atoms with Crippen LogP contribution in [0, 0.1) is 11.6 Å². The lowest BCUT2D eigenvalue weighted by Gasteiger charge is -2.22. The second-order valence-corrected chi connectivity index (χ2v) is 4.46. The van der Waals surface area contributed by atoms with Crippen molar-refractivity contribution in [3.8, 4) is 0 Å². The van der Waals surface area contributed by atoms with Gasteiger partial charge in [0.1, 0.15) is 11.6 Å². The number of hydrogen-bond donors (Lipinski definition) is 2. The van der Waals surface area contributed by atoms with E-state index >= 15 is 0 Å². The maximum absolute atomic E-state index is 13.3. The number of hydrogen-bond acceptors (Lipinski definition) is 2. The summed E-state index contributed by atoms with van der Waals surface area (Å²) in [5.41, 5.74) is 0.292. The van der Waals surface area contributed by atoms with Crippen LogP contribution in [-0.2, 0) is 11.3 Å². The van der Waals surface area contributed by atoms with Gasteiger partial charge in [0.05, 0.1) is 6.04 Å². The van der Waals surface area contributed by atoms with Crippen LogP contribution in [0.3, 0.4) is 0 Å². The number of rotatable bonds is 3. The summed E-state index contributed by atoms with van der Waals surface area (Å²) in [4.78, 5) is 11.8. The lowest BCUT2D eigenvalue weighted by Crippen LogP contribution is -2.46. The monoisotopic (exact) mass is 254 g/mol. The molecule has 0 aromatic heterocycles. The van der Waals surface area contributed by atoms with Gasteiger partial charge in [-0.15, -0.1) is 0 Å². The van der Waals surface area contributed by atoms with Crippen LogP contribution in [0.25, 0.3) is 0 Å². The topological polar surface area (TPSA) is 41.1 Å². The van der Waals surface area contributed by atoms with E-state index in [1.54, 1.807) is 0 Å². The number of amides is 1. The Bertz CT molecular complexity index is 431. The molecule has 1 aromatic carbocycles. The number of carbonyl (C=O) groups excluding carboxylic acids is 1. The van der Waals surface area contributed by atoms with Crippen LogP contribution >= 0.6 is 0 Å². The SMILES string of the molecule is O=C(NCc1ccc(F)cc1F)C1CCCCN1. The summed E-state index contributed by atoms with van der Waals surface area (Å²) in [5, 5.41) is 5.78. The molecule has 1 aliphatic heterocycles. The van der Waals surface area contributed by atoms with Crippen molar-refractivity contribution in [1.82, 2.24) is 10.6 Å². The van der Waals surface area contributed by atoms with Crippen molar-refractivity contribution < 1.29 is 13.6 Å². The Hall–Kier alpha value is -1.49. The number of nitrogens with one attached hydrogen (secondary N) is 2. The quantitative estimate of drug-likeness (QED) is 0.862. The van der Waals surface area contributed by atoms with E-state index in [2.05, 4.69) is 10.6 Å². The lowest BCUT2D eigenvalue weighted by molar-refractivity contribution is -0.123. The van der Waals surface area contributed by atoms with Gasteiger partial charge in [0.25, 0.3) is 0 Å². The first-order valence-corrected chi connectivity index (χ1v) is 6.12. The van der Waals surface area contributed by atoms with Gasteiger partial charge in [-0.3, -0.25) is 4.79 Å². The van der Waals surface area contributed by atoms with Crippen LogP contribution in [0.5, 0.6) is 0 Å². The summed E-state index contributed by atoms with van der Waals surface area (Å²) in [6, 6.07) is 3.16. The molecule has 1 fully saturated rings. The zero-order chi connectivity index (χ0) is 13.0. The maximum atomic E-state index is 13.3. The van der Waals surface area contributed by atoms with E-state index in [-0.39, 0.29) is 18.5 Å². The van der Waals surface area contributed by atoms with Crippen molar-refractivity contribution in [3.05, 3.63) is 35.4 Å². The van der Waals surface area contributed by atoms with Crippen molar-refractivity contribution >= 4 is 5.91 Å². The Labute approximate surface area is 105 Å². The van der Waals surface area contributed by atoms with Crippen molar-refractivity contribution in [3.63, 3.8) is 0 Å². The van der Waals surface area contributed by atoms with Gasteiger partial charge in [-0.25, -0.2) is 8.78 Å². The highest BCUT2D eigenvalue weighted by Crippen LogP contribution is 2.10. The van der Waals surface area contributed by atoms with E-state index in [9.17, 15) is 13.6 Å². The highest BCUT2D eigenvalue weighted by Gasteiger charge is 2.20. The fourth-order valence-corrected chi connectivity index (χ4v) is 2.05. The molecule has 1 atom stereocenters. The number of benzene rings is 1. The number of carbonyl (C=O) groups is 1. The van der Waals surface area contributed by atoms with E-state index in [0.29, 0.717) is 5.56 Å². The number of halogens is 2. The van der Waals surface area contributed by atoms with Gasteiger partial charge in [0, 0.05) is 18.2 Å². The van der Waals surface area contributed by atoms with Crippen LogP contribution < -0.4 is 10.6 Å². The van der Waals surface area contributed by atoms with Crippen LogP contribution in [0.4, 0.5) is 8.78 Å². The molecule has 2 rings (SSSR count). The second kappa shape index (κ2) is 5.91. The van der Waals surface area contributed by atoms with Crippen molar-refractivity contribution in [2.24, 2.45) is 0 Å². The predicted molar refractivity (Wildman–Crippen MR) is 63.8 cm³/mol. The molecule has 98 valence electrons. The Morgan fingerprint density at radius 1 is 1.39 bits per heavy atom. The summed E-state index contributed by atoms with van der Waals surface area (Å²) in [7, 11) is 0. The zero-order valence-electron chi connectivity index (χ0n) is 10.0. The Morgan fingerprint density at radius 3 is 2.89 bits per heavy atom. The lowest BCUT2D eigenvalue weighted by atomic mass is 10.0. The van der Waals surface area contributed by atoms with E-state index in [1.807, 2.05) is 0 Å². The molecule has 2 N–H and O–H groups in total. The minimum absolute atomic E-state index is 0.0864. The maximum Gasteiger partial charge on any atom is 0.237 e. The molecule has 1 heterocycles. The number of piperidine rings is 1. The van der Waals surface area contributed by atoms with Crippen molar-refractivity contribution in [2.45, 2.75) is 31.8 Å². The third kappa shape index (κ3) is 3.26. The average Bonchev–Trinajstić information content (AvgIpc) is 2.38. The molecule has 0 saturated carbocycles. The first kappa shape index (κ1) is 13.0. The Morgan fingerprint density at radius 2 is 2.22 bits per heavy atom. The van der Waals surface area contributed by atoms with Gasteiger partial charge < -0.3 is 10.6 Å². The van der Waals surface area contributed by atoms with E-state index in [4.69, 9.17) is 0 Å². The van der Waals surface area contributed by atoms with Gasteiger partial charge in [0.15, 0.2) is 0 Å². The van der Waals surface area contributed by atoms with Crippen LogP contribution in [-0.4, -0.2) is 18.5 Å². The minimum atomic E-state index is -0.632. The third-order valence-electron chi connectivity index (χ3n) is 3.09. The molecule has 0 radical (unpaired) electrons. The van der Waals surface area contributed by atoms with Crippen molar-refractivity contribution in [2.75, 3.05) is 6.54 Å². The van der Waals surface area contributed by atoms with E-state index in [0.717, 1.165) is 31.9 Å². The van der Waals surface area contributed by atoms with E-state index < -0.39 is 11.6 Å². The standard InChI is InChI=1S/C13H16F2N2O/c14-10-5-4-9(11(15)7-10)8-17-13(18)12-3-1-2-6-16-12/h4-5,7,12,16H,1-3,6,8H2,(H,17,18). The molecule has 1 saturated heterocycles. The Kier molecular flexibility index (Phi) is 4.25. The highest BCUT2D eigenvalue weighted by molar-refractivity contribution is 5.81. The summed E-state index contributed by atoms with van der Waals surface area (Å²) >= 11 is 0. The van der Waals surface area contributed by atoms with Gasteiger partial charge in [-0.2, -0.15) is 0 Å². The van der Waals surface area contributed by atoms with Crippen LogP contribution in [0.1, 0.15) is 24.8 Å². The van der Waals surface area contributed by atoms with Crippen LogP contribution in [0.15, 0.2) is 18.2 Å². The molecule has 0 aliphatic carbocycles. The normalized spacial score (nSPS) is 19.6. The molecule has 1 aromatic rings. The van der Waals surface area contributed by atoms with Gasteiger partial charge in [0.2, 0.25) is 5.91 Å². The fourth-order valence-electron chi connectivity index (χ4n) is 2.05. The smallest absolute Gasteiger partial charge is 0.237 e. The third-order valence-corrected chi connectivity index (χ3v) is 3.09. The molecular weight excluding hydrogens is 238 g/mol. The molecule has 1 unspecified atom stereocenters. The van der Waals surface area contributed by atoms with Gasteiger partial charge >= 0.3 is 0 Å². The van der Waals surface area contributed by atoms with Crippen molar-refractivity contribution in [1.29, 1.82) is 0 Å². The summed E-state index contributed by atoms with van der Waals surface area (Å²) in [6.45, 7) is 0.923. The first-order chi connectivity index (χ1) is 8.66. The average molecular weight is 254 g/mol. The molecule has 0 bridgehead atoms. The van der Waals surface area contributed by atoms with Crippen LogP contribution in [0.2, 0.25) is 0 Å². The molecule has 1 amide bonds.